The highest BCUT2D eigenvalue weighted by Crippen LogP contribution is 2.12. The molecule has 0 atom stereocenters. The fourth-order valence-electron chi connectivity index (χ4n) is 2.27. The fourth-order valence-corrected chi connectivity index (χ4v) is 2.27. The van der Waals surface area contributed by atoms with Gasteiger partial charge in [0.1, 0.15) is 0 Å². The Morgan fingerprint density at radius 2 is 0.700 bits per heavy atom. The van der Waals surface area contributed by atoms with Crippen LogP contribution in [-0.4, -0.2) is 13.0 Å². The molecule has 0 aromatic rings. The van der Waals surface area contributed by atoms with Crippen LogP contribution in [-0.2, 0) is 11.0 Å². The molecule has 0 aromatic heterocycles. The first-order valence-corrected chi connectivity index (χ1v) is 9.61. The highest BCUT2D eigenvalue weighted by atomic mass is 32.2. The van der Waals surface area contributed by atoms with Gasteiger partial charge in [-0.1, -0.05) is 104 Å². The lowest BCUT2D eigenvalue weighted by Crippen LogP contribution is -1.82. The van der Waals surface area contributed by atoms with E-state index in [-0.39, 0.29) is 0 Å². The van der Waals surface area contributed by atoms with Gasteiger partial charge in [-0.3, -0.25) is 4.55 Å². The van der Waals surface area contributed by atoms with Crippen LogP contribution in [0.15, 0.2) is 0 Å². The van der Waals surface area contributed by atoms with Crippen LogP contribution >= 0.6 is 0 Å². The third-order valence-electron chi connectivity index (χ3n) is 3.46. The van der Waals surface area contributed by atoms with Crippen LogP contribution in [0.4, 0.5) is 0 Å². The summed E-state index contributed by atoms with van der Waals surface area (Å²) in [6.07, 6.45) is 20.4. The van der Waals surface area contributed by atoms with Gasteiger partial charge in [-0.25, -0.2) is 8.42 Å². The van der Waals surface area contributed by atoms with Crippen LogP contribution in [0, 0.1) is 0 Å². The van der Waals surface area contributed by atoms with Gasteiger partial charge in [-0.05, 0) is 0 Å². The fraction of sp³-hybridized carbons (Fsp3) is 1.00. The molecule has 0 aromatic carbocycles. The summed E-state index contributed by atoms with van der Waals surface area (Å²) in [5, 5.41) is 0. The third kappa shape index (κ3) is 30.7. The van der Waals surface area contributed by atoms with Gasteiger partial charge in [0, 0.05) is 0 Å². The first kappa shape index (κ1) is 22.2. The van der Waals surface area contributed by atoms with Crippen molar-refractivity contribution in [1.82, 2.24) is 0 Å². The second-order valence-corrected chi connectivity index (χ2v) is 5.96. The topological polar surface area (TPSA) is 54.4 Å². The Balaban J connectivity index is 0. The Bertz CT molecular complexity index is 206. The summed E-state index contributed by atoms with van der Waals surface area (Å²) in [6, 6.07) is 0. The van der Waals surface area contributed by atoms with E-state index in [2.05, 4.69) is 13.8 Å². The van der Waals surface area contributed by atoms with Crippen LogP contribution in [0.5, 0.6) is 0 Å². The lowest BCUT2D eigenvalue weighted by atomic mass is 10.0. The van der Waals surface area contributed by atoms with E-state index in [9.17, 15) is 0 Å². The zero-order valence-electron chi connectivity index (χ0n) is 13.6. The lowest BCUT2D eigenvalue weighted by Gasteiger charge is -2.02. The summed E-state index contributed by atoms with van der Waals surface area (Å²) < 4.78 is 24.2. The van der Waals surface area contributed by atoms with E-state index in [1.54, 1.807) is 0 Å². The molecule has 0 aliphatic carbocycles. The van der Waals surface area contributed by atoms with E-state index in [0.717, 1.165) is 0 Å². The van der Waals surface area contributed by atoms with Crippen molar-refractivity contribution in [3.8, 4) is 0 Å². The molecule has 0 radical (unpaired) electrons. The molecule has 0 saturated carbocycles. The van der Waals surface area contributed by atoms with Gasteiger partial charge in [0.25, 0.3) is 11.0 Å². The normalized spacial score (nSPS) is 10.4. The van der Waals surface area contributed by atoms with Crippen molar-refractivity contribution in [2.45, 2.75) is 104 Å². The molecule has 0 spiro atoms. The molecule has 0 aliphatic rings. The molecule has 20 heavy (non-hydrogen) atoms. The first-order valence-electron chi connectivity index (χ1n) is 8.48. The molecule has 3 nitrogen and oxygen atoms in total. The zero-order chi connectivity index (χ0) is 15.5. The van der Waals surface area contributed by atoms with Crippen molar-refractivity contribution in [3.05, 3.63) is 0 Å². The number of rotatable bonds is 13. The highest BCUT2D eigenvalue weighted by Gasteiger charge is 1.92. The number of hydrogen-bond donors (Lipinski definition) is 2. The minimum Gasteiger partial charge on any atom is -0.288 e. The molecule has 1 N–H and O–H groups in total. The molecule has 0 fully saturated rings. The average molecular weight is 309 g/mol. The van der Waals surface area contributed by atoms with Gasteiger partial charge in [-0.2, -0.15) is 0 Å². The highest BCUT2D eigenvalue weighted by molar-refractivity contribution is 7.66. The van der Waals surface area contributed by atoms with Crippen molar-refractivity contribution >= 4 is 11.0 Å². The average Bonchev–Trinajstić information content (AvgIpc) is 2.39. The van der Waals surface area contributed by atoms with Crippen molar-refractivity contribution in [2.24, 2.45) is 0 Å². The van der Waals surface area contributed by atoms with Crippen LogP contribution in [0.1, 0.15) is 104 Å². The minimum absolute atomic E-state index is 1.37. The van der Waals surface area contributed by atoms with Crippen molar-refractivity contribution in [3.63, 3.8) is 0 Å². The standard InChI is InChI=1S/C16H34.H2O3S/c1-3-5-7-9-11-13-15-16-14-12-10-8-6-4-2;1-4(2)3/h3-16H2,1-2H3;4H,(H,1,2,3). The van der Waals surface area contributed by atoms with E-state index in [1.165, 1.54) is 89.9 Å². The van der Waals surface area contributed by atoms with Crippen molar-refractivity contribution in [1.29, 1.82) is 0 Å². The Hall–Kier alpha value is -0.0900. The maximum absolute atomic E-state index is 8.59. The Kier molecular flexibility index (Phi) is 23.5. The molecular weight excluding hydrogens is 272 g/mol. The van der Waals surface area contributed by atoms with Crippen molar-refractivity contribution < 1.29 is 13.0 Å². The van der Waals surface area contributed by atoms with Gasteiger partial charge >= 0.3 is 0 Å². The molecular formula is C16H36O3S. The molecule has 0 heterocycles. The molecule has 4 heteroatoms. The molecule has 0 amide bonds. The quantitative estimate of drug-likeness (QED) is 0.266. The Morgan fingerprint density at radius 1 is 0.550 bits per heavy atom. The SMILES string of the molecule is CCCCCCCCCCCCCCCC.O=[SH](=O)O. The van der Waals surface area contributed by atoms with E-state index in [4.69, 9.17) is 13.0 Å². The maximum Gasteiger partial charge on any atom is 0.254 e. The predicted molar refractivity (Wildman–Crippen MR) is 88.9 cm³/mol. The van der Waals surface area contributed by atoms with Gasteiger partial charge in [-0.15, -0.1) is 0 Å². The summed E-state index contributed by atoms with van der Waals surface area (Å²) in [5.41, 5.74) is 0. The third-order valence-corrected chi connectivity index (χ3v) is 3.46. The van der Waals surface area contributed by atoms with E-state index in [1.807, 2.05) is 0 Å². The minimum atomic E-state index is -3.12. The second-order valence-electron chi connectivity index (χ2n) is 5.48. The summed E-state index contributed by atoms with van der Waals surface area (Å²) in [7, 11) is -3.12. The predicted octanol–water partition coefficient (Wildman–Crippen LogP) is 5.56. The smallest absolute Gasteiger partial charge is 0.254 e. The first-order chi connectivity index (χ1) is 9.65. The largest absolute Gasteiger partial charge is 0.288 e. The summed E-state index contributed by atoms with van der Waals surface area (Å²) in [4.78, 5) is 0. The van der Waals surface area contributed by atoms with Crippen LogP contribution < -0.4 is 0 Å². The van der Waals surface area contributed by atoms with E-state index in [0.29, 0.717) is 0 Å². The Labute approximate surface area is 128 Å². The second kappa shape index (κ2) is 21.2. The Morgan fingerprint density at radius 3 is 0.850 bits per heavy atom. The molecule has 0 aliphatic heterocycles. The van der Waals surface area contributed by atoms with E-state index >= 15 is 0 Å². The summed E-state index contributed by atoms with van der Waals surface area (Å²) in [6.45, 7) is 4.58. The van der Waals surface area contributed by atoms with Crippen LogP contribution in [0.2, 0.25) is 0 Å². The van der Waals surface area contributed by atoms with Gasteiger partial charge < -0.3 is 0 Å². The van der Waals surface area contributed by atoms with Gasteiger partial charge in [0.15, 0.2) is 0 Å². The number of unbranched alkanes of at least 4 members (excludes halogenated alkanes) is 13. The monoisotopic (exact) mass is 308 g/mol. The van der Waals surface area contributed by atoms with Crippen LogP contribution in [0.3, 0.4) is 0 Å². The molecule has 0 bridgehead atoms. The van der Waals surface area contributed by atoms with Gasteiger partial charge in [0.05, 0.1) is 0 Å². The summed E-state index contributed by atoms with van der Waals surface area (Å²) >= 11 is 0. The number of hydrogen-bond acceptors (Lipinski definition) is 2. The zero-order valence-corrected chi connectivity index (χ0v) is 14.5. The lowest BCUT2D eigenvalue weighted by molar-refractivity contribution is 0.509. The maximum atomic E-state index is 8.59. The van der Waals surface area contributed by atoms with E-state index < -0.39 is 11.0 Å². The molecule has 0 rings (SSSR count). The molecule has 124 valence electrons. The van der Waals surface area contributed by atoms with Crippen molar-refractivity contribution in [2.75, 3.05) is 0 Å². The molecule has 0 saturated heterocycles. The number of thiol groups is 1. The molecule has 0 unspecified atom stereocenters. The van der Waals surface area contributed by atoms with Crippen LogP contribution in [0.25, 0.3) is 0 Å². The summed E-state index contributed by atoms with van der Waals surface area (Å²) in [5.74, 6) is 0. The van der Waals surface area contributed by atoms with Gasteiger partial charge in [0.2, 0.25) is 0 Å².